The maximum absolute atomic E-state index is 4.06. The molecule has 1 rings (SSSR count). The fraction of sp³-hybridized carbons (Fsp3) is 0.750. The van der Waals surface area contributed by atoms with E-state index in [0.717, 1.165) is 16.7 Å². The number of aromatic nitrogens is 2. The lowest BCUT2D eigenvalue weighted by Gasteiger charge is -2.13. The average molecular weight is 185 g/mol. The summed E-state index contributed by atoms with van der Waals surface area (Å²) in [7, 11) is 2.07. The van der Waals surface area contributed by atoms with Crippen molar-refractivity contribution in [3.63, 3.8) is 0 Å². The van der Waals surface area contributed by atoms with Gasteiger partial charge in [0.15, 0.2) is 0 Å². The molecule has 1 heterocycles. The number of rotatable bonds is 4. The lowest BCUT2D eigenvalue weighted by Crippen LogP contribution is -2.17. The van der Waals surface area contributed by atoms with Crippen LogP contribution < -0.4 is 4.90 Å². The highest BCUT2D eigenvalue weighted by Crippen LogP contribution is 2.17. The second-order valence-corrected chi connectivity index (χ2v) is 4.04. The molecule has 3 nitrogen and oxygen atoms in total. The third kappa shape index (κ3) is 2.44. The summed E-state index contributed by atoms with van der Waals surface area (Å²) in [5.41, 5.74) is 0. The molecule has 0 radical (unpaired) electrons. The van der Waals surface area contributed by atoms with Gasteiger partial charge in [-0.05, 0) is 13.3 Å². The molecule has 0 aliphatic rings. The van der Waals surface area contributed by atoms with E-state index >= 15 is 0 Å². The van der Waals surface area contributed by atoms with Crippen LogP contribution in [0.15, 0.2) is 0 Å². The van der Waals surface area contributed by atoms with Crippen LogP contribution in [0.2, 0.25) is 0 Å². The van der Waals surface area contributed by atoms with Crippen LogP contribution in [0.4, 0.5) is 5.13 Å². The predicted octanol–water partition coefficient (Wildman–Crippen LogP) is 2.08. The molecule has 0 unspecified atom stereocenters. The number of unbranched alkanes of at least 4 members (excludes halogenated alkanes) is 1. The average Bonchev–Trinajstić information content (AvgIpc) is 2.47. The number of aryl methyl sites for hydroxylation is 1. The molecular weight excluding hydrogens is 170 g/mol. The van der Waals surface area contributed by atoms with Gasteiger partial charge in [-0.2, -0.15) is 0 Å². The van der Waals surface area contributed by atoms with Gasteiger partial charge in [-0.3, -0.25) is 0 Å². The first-order chi connectivity index (χ1) is 5.74. The summed E-state index contributed by atoms with van der Waals surface area (Å²) < 4.78 is 0. The van der Waals surface area contributed by atoms with Gasteiger partial charge < -0.3 is 4.90 Å². The van der Waals surface area contributed by atoms with Crippen molar-refractivity contribution in [2.24, 2.45) is 0 Å². The Morgan fingerprint density at radius 1 is 1.42 bits per heavy atom. The minimum Gasteiger partial charge on any atom is -0.350 e. The van der Waals surface area contributed by atoms with Crippen molar-refractivity contribution in [1.29, 1.82) is 0 Å². The van der Waals surface area contributed by atoms with Gasteiger partial charge in [-0.25, -0.2) is 0 Å². The molecule has 1 aromatic heterocycles. The minimum atomic E-state index is 1.03. The van der Waals surface area contributed by atoms with Crippen molar-refractivity contribution < 1.29 is 0 Å². The van der Waals surface area contributed by atoms with Gasteiger partial charge in [0.05, 0.1) is 0 Å². The topological polar surface area (TPSA) is 29.0 Å². The van der Waals surface area contributed by atoms with Crippen molar-refractivity contribution in [3.05, 3.63) is 5.01 Å². The smallest absolute Gasteiger partial charge is 0.208 e. The normalized spacial score (nSPS) is 10.2. The van der Waals surface area contributed by atoms with Gasteiger partial charge in [-0.1, -0.05) is 24.7 Å². The molecule has 0 saturated heterocycles. The van der Waals surface area contributed by atoms with E-state index in [4.69, 9.17) is 0 Å². The molecule has 0 spiro atoms. The molecule has 0 bridgehead atoms. The van der Waals surface area contributed by atoms with Crippen molar-refractivity contribution >= 4 is 16.5 Å². The van der Waals surface area contributed by atoms with E-state index < -0.39 is 0 Å². The molecule has 0 aliphatic heterocycles. The van der Waals surface area contributed by atoms with E-state index in [1.807, 2.05) is 6.92 Å². The maximum atomic E-state index is 4.06. The van der Waals surface area contributed by atoms with E-state index in [1.54, 1.807) is 11.3 Å². The number of nitrogens with zero attached hydrogens (tertiary/aromatic N) is 3. The molecule has 0 aromatic carbocycles. The van der Waals surface area contributed by atoms with E-state index in [1.165, 1.54) is 12.8 Å². The molecule has 0 amide bonds. The first-order valence-corrected chi connectivity index (χ1v) is 5.07. The summed E-state index contributed by atoms with van der Waals surface area (Å²) in [4.78, 5) is 2.16. The fourth-order valence-electron chi connectivity index (χ4n) is 0.931. The molecule has 1 aromatic rings. The molecule has 12 heavy (non-hydrogen) atoms. The molecule has 0 fully saturated rings. The Balaban J connectivity index is 2.47. The van der Waals surface area contributed by atoms with E-state index in [2.05, 4.69) is 29.1 Å². The van der Waals surface area contributed by atoms with Crippen LogP contribution in [0.1, 0.15) is 24.8 Å². The number of hydrogen-bond acceptors (Lipinski definition) is 4. The van der Waals surface area contributed by atoms with Crippen LogP contribution in [0.3, 0.4) is 0 Å². The Labute approximate surface area is 77.4 Å². The molecular formula is C8H15N3S. The Morgan fingerprint density at radius 3 is 2.67 bits per heavy atom. The van der Waals surface area contributed by atoms with Crippen LogP contribution in [0.25, 0.3) is 0 Å². The van der Waals surface area contributed by atoms with Crippen LogP contribution in [-0.2, 0) is 0 Å². The Bertz CT molecular complexity index is 234. The quantitative estimate of drug-likeness (QED) is 0.719. The predicted molar refractivity (Wildman–Crippen MR) is 52.8 cm³/mol. The minimum absolute atomic E-state index is 1.03. The molecule has 0 saturated carbocycles. The largest absolute Gasteiger partial charge is 0.350 e. The first-order valence-electron chi connectivity index (χ1n) is 4.25. The molecule has 0 N–H and O–H groups in total. The van der Waals surface area contributed by atoms with E-state index in [-0.39, 0.29) is 0 Å². The van der Waals surface area contributed by atoms with Gasteiger partial charge >= 0.3 is 0 Å². The van der Waals surface area contributed by atoms with Crippen LogP contribution in [0, 0.1) is 6.92 Å². The Morgan fingerprint density at radius 2 is 2.17 bits per heavy atom. The summed E-state index contributed by atoms with van der Waals surface area (Å²) in [6.07, 6.45) is 2.44. The Hall–Kier alpha value is -0.640. The molecule has 4 heteroatoms. The zero-order valence-corrected chi connectivity index (χ0v) is 8.69. The summed E-state index contributed by atoms with van der Waals surface area (Å²) in [5.74, 6) is 0. The highest BCUT2D eigenvalue weighted by molar-refractivity contribution is 7.15. The standard InChI is InChI=1S/C8H15N3S/c1-4-5-6-11(3)8-10-9-7(2)12-8/h4-6H2,1-3H3. The molecule has 0 aliphatic carbocycles. The Kier molecular flexibility index (Phi) is 3.47. The first kappa shape index (κ1) is 9.45. The van der Waals surface area contributed by atoms with Gasteiger partial charge in [0.2, 0.25) is 5.13 Å². The number of anilines is 1. The summed E-state index contributed by atoms with van der Waals surface area (Å²) in [6, 6.07) is 0. The monoisotopic (exact) mass is 185 g/mol. The van der Waals surface area contributed by atoms with Crippen molar-refractivity contribution in [2.45, 2.75) is 26.7 Å². The zero-order chi connectivity index (χ0) is 8.97. The highest BCUT2D eigenvalue weighted by atomic mass is 32.1. The van der Waals surface area contributed by atoms with Crippen molar-refractivity contribution in [2.75, 3.05) is 18.5 Å². The van der Waals surface area contributed by atoms with Gasteiger partial charge in [0, 0.05) is 13.6 Å². The van der Waals surface area contributed by atoms with E-state index in [0.29, 0.717) is 0 Å². The summed E-state index contributed by atoms with van der Waals surface area (Å²) in [5, 5.41) is 10.1. The summed E-state index contributed by atoms with van der Waals surface area (Å²) >= 11 is 1.65. The third-order valence-corrected chi connectivity index (χ3v) is 2.64. The van der Waals surface area contributed by atoms with Gasteiger partial charge in [-0.15, -0.1) is 10.2 Å². The van der Waals surface area contributed by atoms with E-state index in [9.17, 15) is 0 Å². The van der Waals surface area contributed by atoms with Gasteiger partial charge in [0.1, 0.15) is 5.01 Å². The highest BCUT2D eigenvalue weighted by Gasteiger charge is 2.04. The third-order valence-electron chi connectivity index (χ3n) is 1.69. The lowest BCUT2D eigenvalue weighted by molar-refractivity contribution is 0.760. The van der Waals surface area contributed by atoms with Crippen molar-refractivity contribution in [1.82, 2.24) is 10.2 Å². The molecule has 0 atom stereocenters. The second kappa shape index (κ2) is 4.40. The zero-order valence-electron chi connectivity index (χ0n) is 7.87. The van der Waals surface area contributed by atoms with Crippen LogP contribution >= 0.6 is 11.3 Å². The van der Waals surface area contributed by atoms with Crippen molar-refractivity contribution in [3.8, 4) is 0 Å². The van der Waals surface area contributed by atoms with Crippen LogP contribution in [0.5, 0.6) is 0 Å². The number of hydrogen-bond donors (Lipinski definition) is 0. The second-order valence-electron chi connectivity index (χ2n) is 2.88. The van der Waals surface area contributed by atoms with Crippen LogP contribution in [-0.4, -0.2) is 23.8 Å². The summed E-state index contributed by atoms with van der Waals surface area (Å²) in [6.45, 7) is 5.25. The lowest BCUT2D eigenvalue weighted by atomic mass is 10.3. The molecule has 68 valence electrons. The SMILES string of the molecule is CCCCN(C)c1nnc(C)s1. The van der Waals surface area contributed by atoms with Gasteiger partial charge in [0.25, 0.3) is 0 Å². The maximum Gasteiger partial charge on any atom is 0.208 e. The fourth-order valence-corrected chi connectivity index (χ4v) is 1.61.